The fourth-order valence-corrected chi connectivity index (χ4v) is 2.42. The molecule has 1 fully saturated rings. The predicted octanol–water partition coefficient (Wildman–Crippen LogP) is 2.82. The van der Waals surface area contributed by atoms with E-state index >= 15 is 0 Å². The first-order chi connectivity index (χ1) is 8.19. The first kappa shape index (κ1) is 12.9. The third-order valence-electron chi connectivity index (χ3n) is 3.27. The molecule has 0 amide bonds. The molecule has 1 aliphatic rings. The molecule has 94 valence electrons. The number of ether oxygens (including phenoxy) is 1. The van der Waals surface area contributed by atoms with Gasteiger partial charge in [-0.05, 0) is 19.4 Å². The van der Waals surface area contributed by atoms with Crippen LogP contribution in [0.4, 0.5) is 0 Å². The van der Waals surface area contributed by atoms with E-state index in [9.17, 15) is 0 Å². The molecule has 2 atom stereocenters. The molecule has 1 heterocycles. The molecule has 0 bridgehead atoms. The number of alkyl halides is 1. The normalized spacial score (nSPS) is 26.1. The zero-order valence-electron chi connectivity index (χ0n) is 10.5. The van der Waals surface area contributed by atoms with Crippen LogP contribution in [0.3, 0.4) is 0 Å². The Labute approximate surface area is 109 Å². The molecule has 1 aliphatic heterocycles. The summed E-state index contributed by atoms with van der Waals surface area (Å²) in [7, 11) is 0. The second-order valence-corrected chi connectivity index (χ2v) is 5.19. The number of morpholine rings is 1. The molecule has 0 radical (unpaired) electrons. The van der Waals surface area contributed by atoms with E-state index in [2.05, 4.69) is 43.0 Å². The van der Waals surface area contributed by atoms with Gasteiger partial charge in [-0.1, -0.05) is 29.8 Å². The highest BCUT2D eigenvalue weighted by Gasteiger charge is 2.25. The highest BCUT2D eigenvalue weighted by molar-refractivity contribution is 6.18. The number of halogens is 1. The van der Waals surface area contributed by atoms with E-state index in [0.29, 0.717) is 11.9 Å². The van der Waals surface area contributed by atoms with Gasteiger partial charge in [0.25, 0.3) is 0 Å². The number of hydrogen-bond acceptors (Lipinski definition) is 2. The SMILES string of the molecule is Cc1cccc(CN2CC(CCl)OCC2C)c1. The Bertz CT molecular complexity index is 369. The summed E-state index contributed by atoms with van der Waals surface area (Å²) in [5.74, 6) is 0.580. The quantitative estimate of drug-likeness (QED) is 0.768. The molecule has 17 heavy (non-hydrogen) atoms. The van der Waals surface area contributed by atoms with E-state index in [0.717, 1.165) is 19.7 Å². The molecular formula is C14H20ClNO. The summed E-state index contributed by atoms with van der Waals surface area (Å²) in [5.41, 5.74) is 2.68. The van der Waals surface area contributed by atoms with Crippen LogP contribution < -0.4 is 0 Å². The highest BCUT2D eigenvalue weighted by Crippen LogP contribution is 2.16. The van der Waals surface area contributed by atoms with Crippen molar-refractivity contribution in [3.63, 3.8) is 0 Å². The van der Waals surface area contributed by atoms with E-state index in [1.807, 2.05) is 0 Å². The molecule has 0 N–H and O–H groups in total. The van der Waals surface area contributed by atoms with Crippen molar-refractivity contribution in [2.45, 2.75) is 32.5 Å². The minimum Gasteiger partial charge on any atom is -0.374 e. The fraction of sp³-hybridized carbons (Fsp3) is 0.571. The van der Waals surface area contributed by atoms with Gasteiger partial charge >= 0.3 is 0 Å². The number of hydrogen-bond donors (Lipinski definition) is 0. The Balaban J connectivity index is 2.01. The smallest absolute Gasteiger partial charge is 0.0838 e. The zero-order chi connectivity index (χ0) is 12.3. The number of nitrogens with zero attached hydrogens (tertiary/aromatic N) is 1. The van der Waals surface area contributed by atoms with Crippen molar-refractivity contribution in [1.82, 2.24) is 4.90 Å². The third-order valence-corrected chi connectivity index (χ3v) is 3.62. The molecule has 3 heteroatoms. The molecule has 2 nitrogen and oxygen atoms in total. The van der Waals surface area contributed by atoms with Crippen molar-refractivity contribution >= 4 is 11.6 Å². The van der Waals surface area contributed by atoms with Gasteiger partial charge in [-0.15, -0.1) is 11.6 Å². The molecule has 0 saturated carbocycles. The zero-order valence-corrected chi connectivity index (χ0v) is 11.3. The maximum atomic E-state index is 5.87. The van der Waals surface area contributed by atoms with Crippen molar-refractivity contribution in [3.8, 4) is 0 Å². The molecule has 1 aromatic carbocycles. The third kappa shape index (κ3) is 3.44. The van der Waals surface area contributed by atoms with Crippen LogP contribution in [0.25, 0.3) is 0 Å². The number of rotatable bonds is 3. The summed E-state index contributed by atoms with van der Waals surface area (Å²) in [6.45, 7) is 7.04. The first-order valence-corrected chi connectivity index (χ1v) is 6.69. The maximum Gasteiger partial charge on any atom is 0.0838 e. The lowest BCUT2D eigenvalue weighted by Gasteiger charge is -2.37. The largest absolute Gasteiger partial charge is 0.374 e. The number of benzene rings is 1. The first-order valence-electron chi connectivity index (χ1n) is 6.16. The summed E-state index contributed by atoms with van der Waals surface area (Å²) in [4.78, 5) is 2.45. The molecule has 0 aliphatic carbocycles. The highest BCUT2D eigenvalue weighted by atomic mass is 35.5. The fourth-order valence-electron chi connectivity index (χ4n) is 2.23. The Kier molecular flexibility index (Phi) is 4.43. The summed E-state index contributed by atoms with van der Waals surface area (Å²) >= 11 is 5.87. The Morgan fingerprint density at radius 2 is 2.29 bits per heavy atom. The minimum absolute atomic E-state index is 0.178. The van der Waals surface area contributed by atoms with Gasteiger partial charge in [-0.3, -0.25) is 4.90 Å². The van der Waals surface area contributed by atoms with Crippen LogP contribution in [-0.2, 0) is 11.3 Å². The van der Waals surface area contributed by atoms with E-state index in [4.69, 9.17) is 16.3 Å². The van der Waals surface area contributed by atoms with Gasteiger partial charge in [0.05, 0.1) is 12.7 Å². The van der Waals surface area contributed by atoms with E-state index in [1.54, 1.807) is 0 Å². The molecule has 2 unspecified atom stereocenters. The second-order valence-electron chi connectivity index (χ2n) is 4.88. The Hall–Kier alpha value is -0.570. The van der Waals surface area contributed by atoms with Crippen LogP contribution in [0.15, 0.2) is 24.3 Å². The minimum atomic E-state index is 0.178. The lowest BCUT2D eigenvalue weighted by atomic mass is 10.1. The number of aryl methyl sites for hydroxylation is 1. The Morgan fingerprint density at radius 1 is 1.47 bits per heavy atom. The van der Waals surface area contributed by atoms with Gasteiger partial charge < -0.3 is 4.74 Å². The standard InChI is InChI=1S/C14H20ClNO/c1-11-4-3-5-13(6-11)8-16-9-14(7-15)17-10-12(16)2/h3-6,12,14H,7-10H2,1-2H3. The second kappa shape index (κ2) is 5.85. The van der Waals surface area contributed by atoms with Gasteiger partial charge in [0, 0.05) is 25.0 Å². The average molecular weight is 254 g/mol. The van der Waals surface area contributed by atoms with Crippen LogP contribution in [0.5, 0.6) is 0 Å². The van der Waals surface area contributed by atoms with Gasteiger partial charge in [-0.25, -0.2) is 0 Å². The van der Waals surface area contributed by atoms with Crippen LogP contribution in [0, 0.1) is 6.92 Å². The van der Waals surface area contributed by atoms with Crippen molar-refractivity contribution in [1.29, 1.82) is 0 Å². The molecule has 1 aromatic rings. The van der Waals surface area contributed by atoms with Crippen LogP contribution >= 0.6 is 11.6 Å². The Morgan fingerprint density at radius 3 is 3.00 bits per heavy atom. The summed E-state index contributed by atoms with van der Waals surface area (Å²) in [6.07, 6.45) is 0.178. The van der Waals surface area contributed by atoms with Crippen LogP contribution in [0.2, 0.25) is 0 Å². The maximum absolute atomic E-state index is 5.87. The molecular weight excluding hydrogens is 234 g/mol. The predicted molar refractivity (Wildman–Crippen MR) is 71.5 cm³/mol. The van der Waals surface area contributed by atoms with Crippen molar-refractivity contribution in [2.75, 3.05) is 19.0 Å². The van der Waals surface area contributed by atoms with Gasteiger partial charge in [0.2, 0.25) is 0 Å². The lowest BCUT2D eigenvalue weighted by molar-refractivity contribution is -0.0510. The average Bonchev–Trinajstić information content (AvgIpc) is 2.32. The topological polar surface area (TPSA) is 12.5 Å². The summed E-state index contributed by atoms with van der Waals surface area (Å²) in [5, 5.41) is 0. The summed E-state index contributed by atoms with van der Waals surface area (Å²) in [6, 6.07) is 9.15. The monoisotopic (exact) mass is 253 g/mol. The van der Waals surface area contributed by atoms with Gasteiger partial charge in [0.15, 0.2) is 0 Å². The van der Waals surface area contributed by atoms with E-state index < -0.39 is 0 Å². The van der Waals surface area contributed by atoms with Crippen molar-refractivity contribution in [3.05, 3.63) is 35.4 Å². The molecule has 0 spiro atoms. The van der Waals surface area contributed by atoms with Crippen LogP contribution in [0.1, 0.15) is 18.1 Å². The van der Waals surface area contributed by atoms with E-state index in [-0.39, 0.29) is 6.10 Å². The molecule has 1 saturated heterocycles. The van der Waals surface area contributed by atoms with Crippen LogP contribution in [-0.4, -0.2) is 36.1 Å². The molecule has 0 aromatic heterocycles. The van der Waals surface area contributed by atoms with Gasteiger partial charge in [-0.2, -0.15) is 0 Å². The van der Waals surface area contributed by atoms with Crippen molar-refractivity contribution in [2.24, 2.45) is 0 Å². The summed E-state index contributed by atoms with van der Waals surface area (Å²) < 4.78 is 5.66. The van der Waals surface area contributed by atoms with E-state index in [1.165, 1.54) is 11.1 Å². The lowest BCUT2D eigenvalue weighted by Crippen LogP contribution is -2.48. The van der Waals surface area contributed by atoms with Crippen molar-refractivity contribution < 1.29 is 4.74 Å². The molecule has 2 rings (SSSR count). The van der Waals surface area contributed by atoms with Gasteiger partial charge in [0.1, 0.15) is 0 Å².